The van der Waals surface area contributed by atoms with Crippen LogP contribution >= 0.6 is 11.6 Å². The van der Waals surface area contributed by atoms with Crippen LogP contribution in [-0.2, 0) is 12.8 Å². The summed E-state index contributed by atoms with van der Waals surface area (Å²) in [6, 6.07) is 6.06. The minimum Gasteiger partial charge on any atom is -0.396 e. The van der Waals surface area contributed by atoms with Crippen LogP contribution in [0.4, 0.5) is 0 Å². The first-order chi connectivity index (χ1) is 6.31. The summed E-state index contributed by atoms with van der Waals surface area (Å²) in [5, 5.41) is 9.92. The molecule has 0 aliphatic heterocycles. The summed E-state index contributed by atoms with van der Waals surface area (Å²) < 4.78 is 0. The molecule has 0 aromatic heterocycles. The molecule has 0 radical (unpaired) electrons. The molecule has 0 heterocycles. The Balaban J connectivity index is 2.32. The van der Waals surface area contributed by atoms with Crippen molar-refractivity contribution in [3.8, 4) is 0 Å². The molecular formula is C11H13ClO. The Labute approximate surface area is 83.3 Å². The maximum Gasteiger partial charge on any atom is 0.0462 e. The van der Waals surface area contributed by atoms with Crippen molar-refractivity contribution in [1.82, 2.24) is 0 Å². The number of fused-ring (bicyclic) bond motifs is 1. The summed E-state index contributed by atoms with van der Waals surface area (Å²) in [5.41, 5.74) is 2.60. The summed E-state index contributed by atoms with van der Waals surface area (Å²) in [7, 11) is 0. The van der Waals surface area contributed by atoms with Gasteiger partial charge in [-0.25, -0.2) is 0 Å². The SMILES string of the molecule is OCC1CCc2cccc(Cl)c2C1. The zero-order valence-corrected chi connectivity index (χ0v) is 8.22. The van der Waals surface area contributed by atoms with Crippen LogP contribution in [0.5, 0.6) is 0 Å². The zero-order chi connectivity index (χ0) is 9.26. The third-order valence-corrected chi connectivity index (χ3v) is 3.14. The molecule has 13 heavy (non-hydrogen) atoms. The third kappa shape index (κ3) is 1.72. The quantitative estimate of drug-likeness (QED) is 0.732. The smallest absolute Gasteiger partial charge is 0.0462 e. The van der Waals surface area contributed by atoms with Crippen molar-refractivity contribution in [3.63, 3.8) is 0 Å². The molecular weight excluding hydrogens is 184 g/mol. The molecule has 1 N–H and O–H groups in total. The van der Waals surface area contributed by atoms with Crippen LogP contribution in [0.15, 0.2) is 18.2 Å². The maximum atomic E-state index is 9.06. The fourth-order valence-electron chi connectivity index (χ4n) is 1.97. The van der Waals surface area contributed by atoms with Gasteiger partial charge in [0.05, 0.1) is 0 Å². The van der Waals surface area contributed by atoms with Crippen LogP contribution in [0.25, 0.3) is 0 Å². The lowest BCUT2D eigenvalue weighted by Gasteiger charge is -2.23. The number of hydrogen-bond donors (Lipinski definition) is 1. The van der Waals surface area contributed by atoms with Crippen molar-refractivity contribution in [1.29, 1.82) is 0 Å². The zero-order valence-electron chi connectivity index (χ0n) is 7.46. The van der Waals surface area contributed by atoms with Crippen molar-refractivity contribution < 1.29 is 5.11 Å². The van der Waals surface area contributed by atoms with E-state index < -0.39 is 0 Å². The van der Waals surface area contributed by atoms with Gasteiger partial charge in [-0.1, -0.05) is 23.7 Å². The standard InChI is InChI=1S/C11H13ClO/c12-11-3-1-2-9-5-4-8(7-13)6-10(9)11/h1-3,8,13H,4-7H2. The lowest BCUT2D eigenvalue weighted by Crippen LogP contribution is -2.17. The second-order valence-corrected chi connectivity index (χ2v) is 4.08. The first-order valence-electron chi connectivity index (χ1n) is 4.68. The number of rotatable bonds is 1. The van der Waals surface area contributed by atoms with Gasteiger partial charge in [-0.2, -0.15) is 0 Å². The molecule has 1 unspecified atom stereocenters. The summed E-state index contributed by atoms with van der Waals surface area (Å²) in [5.74, 6) is 0.410. The average Bonchev–Trinajstić information content (AvgIpc) is 2.18. The van der Waals surface area contributed by atoms with Crippen molar-refractivity contribution in [2.45, 2.75) is 19.3 Å². The second kappa shape index (κ2) is 3.69. The minimum atomic E-state index is 0.282. The predicted octanol–water partition coefficient (Wildman–Crippen LogP) is 2.44. The van der Waals surface area contributed by atoms with Crippen LogP contribution in [-0.4, -0.2) is 11.7 Å². The molecule has 0 saturated heterocycles. The fraction of sp³-hybridized carbons (Fsp3) is 0.455. The highest BCUT2D eigenvalue weighted by Gasteiger charge is 2.19. The van der Waals surface area contributed by atoms with E-state index in [4.69, 9.17) is 16.7 Å². The number of aliphatic hydroxyl groups excluding tert-OH is 1. The van der Waals surface area contributed by atoms with Crippen LogP contribution in [0.2, 0.25) is 5.02 Å². The van der Waals surface area contributed by atoms with Gasteiger partial charge in [0.2, 0.25) is 0 Å². The lowest BCUT2D eigenvalue weighted by molar-refractivity contribution is 0.213. The summed E-state index contributed by atoms with van der Waals surface area (Å²) in [4.78, 5) is 0. The molecule has 1 aliphatic carbocycles. The van der Waals surface area contributed by atoms with Crippen LogP contribution in [0.3, 0.4) is 0 Å². The number of aliphatic hydroxyl groups is 1. The molecule has 0 bridgehead atoms. The Morgan fingerprint density at radius 2 is 2.31 bits per heavy atom. The van der Waals surface area contributed by atoms with Crippen molar-refractivity contribution in [2.75, 3.05) is 6.61 Å². The first-order valence-corrected chi connectivity index (χ1v) is 5.06. The van der Waals surface area contributed by atoms with E-state index in [-0.39, 0.29) is 6.61 Å². The predicted molar refractivity (Wildman–Crippen MR) is 54.1 cm³/mol. The molecule has 0 amide bonds. The van der Waals surface area contributed by atoms with Gasteiger partial charge in [0.15, 0.2) is 0 Å². The highest BCUT2D eigenvalue weighted by Crippen LogP contribution is 2.30. The summed E-state index contributed by atoms with van der Waals surface area (Å²) in [6.45, 7) is 0.282. The maximum absolute atomic E-state index is 9.06. The topological polar surface area (TPSA) is 20.2 Å². The van der Waals surface area contributed by atoms with Crippen LogP contribution < -0.4 is 0 Å². The van der Waals surface area contributed by atoms with E-state index in [1.54, 1.807) is 0 Å². The molecule has 1 aliphatic rings. The van der Waals surface area contributed by atoms with Crippen molar-refractivity contribution in [2.24, 2.45) is 5.92 Å². The van der Waals surface area contributed by atoms with Crippen molar-refractivity contribution >= 4 is 11.6 Å². The van der Waals surface area contributed by atoms with Gasteiger partial charge in [0.25, 0.3) is 0 Å². The Kier molecular flexibility index (Phi) is 2.56. The number of halogens is 1. The molecule has 1 nitrogen and oxygen atoms in total. The summed E-state index contributed by atoms with van der Waals surface area (Å²) in [6.07, 6.45) is 3.08. The highest BCUT2D eigenvalue weighted by molar-refractivity contribution is 6.31. The molecule has 1 atom stereocenters. The summed E-state index contributed by atoms with van der Waals surface area (Å²) >= 11 is 6.08. The van der Waals surface area contributed by atoms with E-state index in [9.17, 15) is 0 Å². The number of aryl methyl sites for hydroxylation is 1. The first kappa shape index (κ1) is 9.04. The largest absolute Gasteiger partial charge is 0.396 e. The van der Waals surface area contributed by atoms with Gasteiger partial charge in [0, 0.05) is 11.6 Å². The monoisotopic (exact) mass is 196 g/mol. The van der Waals surface area contributed by atoms with Gasteiger partial charge < -0.3 is 5.11 Å². The molecule has 0 saturated carbocycles. The van der Waals surface area contributed by atoms with E-state index >= 15 is 0 Å². The van der Waals surface area contributed by atoms with Gasteiger partial charge >= 0.3 is 0 Å². The number of benzene rings is 1. The third-order valence-electron chi connectivity index (χ3n) is 2.79. The van der Waals surface area contributed by atoms with Crippen molar-refractivity contribution in [3.05, 3.63) is 34.3 Å². The number of hydrogen-bond acceptors (Lipinski definition) is 1. The van der Waals surface area contributed by atoms with Gasteiger partial charge in [-0.05, 0) is 42.4 Å². The van der Waals surface area contributed by atoms with Gasteiger partial charge in [-0.3, -0.25) is 0 Å². The Hall–Kier alpha value is -0.530. The second-order valence-electron chi connectivity index (χ2n) is 3.67. The molecule has 1 aromatic rings. The molecule has 70 valence electrons. The van der Waals surface area contributed by atoms with E-state index in [0.29, 0.717) is 5.92 Å². The Bertz CT molecular complexity index is 309. The molecule has 0 spiro atoms. The molecule has 0 fully saturated rings. The van der Waals surface area contributed by atoms with E-state index in [1.807, 2.05) is 12.1 Å². The van der Waals surface area contributed by atoms with Gasteiger partial charge in [0.1, 0.15) is 0 Å². The highest BCUT2D eigenvalue weighted by atomic mass is 35.5. The van der Waals surface area contributed by atoms with Gasteiger partial charge in [-0.15, -0.1) is 0 Å². The lowest BCUT2D eigenvalue weighted by atomic mass is 9.84. The van der Waals surface area contributed by atoms with E-state index in [0.717, 1.165) is 24.3 Å². The molecule has 1 aromatic carbocycles. The Morgan fingerprint density at radius 3 is 3.08 bits per heavy atom. The molecule has 2 heteroatoms. The molecule has 2 rings (SSSR count). The fourth-order valence-corrected chi connectivity index (χ4v) is 2.24. The normalized spacial score (nSPS) is 21.2. The van der Waals surface area contributed by atoms with E-state index in [2.05, 4.69) is 6.07 Å². The van der Waals surface area contributed by atoms with E-state index in [1.165, 1.54) is 11.1 Å². The Morgan fingerprint density at radius 1 is 1.46 bits per heavy atom. The average molecular weight is 197 g/mol. The van der Waals surface area contributed by atoms with Crippen LogP contribution in [0, 0.1) is 5.92 Å². The minimum absolute atomic E-state index is 0.282. The van der Waals surface area contributed by atoms with Crippen LogP contribution in [0.1, 0.15) is 17.5 Å².